The smallest absolute Gasteiger partial charge is 0.332 e. The molecule has 92 valence electrons. The molecule has 0 bridgehead atoms. The summed E-state index contributed by atoms with van der Waals surface area (Å²) in [5.74, 6) is 0. The second-order valence-electron chi connectivity index (χ2n) is 3.60. The molecule has 0 spiro atoms. The number of ether oxygens (including phenoxy) is 1. The van der Waals surface area contributed by atoms with Crippen LogP contribution in [0.25, 0.3) is 11.2 Å². The summed E-state index contributed by atoms with van der Waals surface area (Å²) in [7, 11) is 4.42. The average molecular weight is 259 g/mol. The minimum Gasteiger partial charge on any atom is -0.364 e. The molecule has 0 unspecified atom stereocenters. The van der Waals surface area contributed by atoms with Gasteiger partial charge in [0.25, 0.3) is 5.56 Å². The Morgan fingerprint density at radius 2 is 1.94 bits per heavy atom. The minimum absolute atomic E-state index is 0.1000. The third-order valence-electron chi connectivity index (χ3n) is 2.56. The molecular weight excluding hydrogens is 248 g/mol. The molecular formula is C9H11ClN4O3. The summed E-state index contributed by atoms with van der Waals surface area (Å²) < 4.78 is 8.64. The van der Waals surface area contributed by atoms with Gasteiger partial charge in [-0.2, -0.15) is 4.98 Å². The van der Waals surface area contributed by atoms with Gasteiger partial charge in [-0.1, -0.05) is 0 Å². The van der Waals surface area contributed by atoms with Crippen molar-refractivity contribution in [2.75, 3.05) is 7.11 Å². The van der Waals surface area contributed by atoms with E-state index >= 15 is 0 Å². The van der Waals surface area contributed by atoms with Crippen molar-refractivity contribution < 1.29 is 4.74 Å². The molecule has 0 amide bonds. The first-order chi connectivity index (χ1) is 7.99. The van der Waals surface area contributed by atoms with Gasteiger partial charge in [-0.05, 0) is 11.6 Å². The monoisotopic (exact) mass is 258 g/mol. The molecule has 2 aromatic heterocycles. The maximum atomic E-state index is 12.0. The normalized spacial score (nSPS) is 11.3. The molecule has 0 saturated heterocycles. The Morgan fingerprint density at radius 3 is 2.53 bits per heavy atom. The highest BCUT2D eigenvalue weighted by Gasteiger charge is 2.17. The number of hydrogen-bond acceptors (Lipinski definition) is 4. The second kappa shape index (κ2) is 4.01. The third kappa shape index (κ3) is 1.58. The molecule has 2 aromatic rings. The Labute approximate surface area is 101 Å². The largest absolute Gasteiger partial charge is 0.364 e. The molecule has 0 aliphatic rings. The van der Waals surface area contributed by atoms with Gasteiger partial charge in [0.2, 0.25) is 5.28 Å². The summed E-state index contributed by atoms with van der Waals surface area (Å²) in [6.45, 7) is 0.1000. The maximum Gasteiger partial charge on any atom is 0.332 e. The lowest BCUT2D eigenvalue weighted by atomic mass is 10.5. The molecule has 0 atom stereocenters. The van der Waals surface area contributed by atoms with Crippen LogP contribution in [-0.4, -0.2) is 25.8 Å². The minimum atomic E-state index is -0.445. The lowest BCUT2D eigenvalue weighted by Gasteiger charge is -2.05. The fraction of sp³-hybridized carbons (Fsp3) is 0.444. The van der Waals surface area contributed by atoms with Gasteiger partial charge in [0.1, 0.15) is 6.73 Å². The fourth-order valence-electron chi connectivity index (χ4n) is 1.67. The van der Waals surface area contributed by atoms with Gasteiger partial charge < -0.3 is 4.74 Å². The van der Waals surface area contributed by atoms with Gasteiger partial charge in [-0.3, -0.25) is 18.5 Å². The summed E-state index contributed by atoms with van der Waals surface area (Å²) >= 11 is 5.90. The van der Waals surface area contributed by atoms with Gasteiger partial charge in [0.15, 0.2) is 11.2 Å². The quantitative estimate of drug-likeness (QED) is 0.693. The van der Waals surface area contributed by atoms with E-state index in [9.17, 15) is 9.59 Å². The van der Waals surface area contributed by atoms with Crippen LogP contribution < -0.4 is 11.2 Å². The molecule has 0 radical (unpaired) electrons. The zero-order valence-corrected chi connectivity index (χ0v) is 10.4. The van der Waals surface area contributed by atoms with Crippen molar-refractivity contribution in [3.63, 3.8) is 0 Å². The van der Waals surface area contributed by atoms with Crippen molar-refractivity contribution in [3.8, 4) is 0 Å². The number of halogens is 1. The molecule has 0 aliphatic heterocycles. The molecule has 0 aromatic carbocycles. The molecule has 0 N–H and O–H groups in total. The van der Waals surface area contributed by atoms with Gasteiger partial charge in [-0.25, -0.2) is 4.79 Å². The lowest BCUT2D eigenvalue weighted by Crippen LogP contribution is -2.37. The van der Waals surface area contributed by atoms with Gasteiger partial charge >= 0.3 is 5.69 Å². The van der Waals surface area contributed by atoms with Crippen LogP contribution in [0.4, 0.5) is 0 Å². The van der Waals surface area contributed by atoms with E-state index in [1.807, 2.05) is 0 Å². The highest BCUT2D eigenvalue weighted by Crippen LogP contribution is 2.14. The Hall–Kier alpha value is -1.60. The number of imidazole rings is 1. The van der Waals surface area contributed by atoms with Crippen LogP contribution in [0.2, 0.25) is 5.28 Å². The number of nitrogens with zero attached hydrogens (tertiary/aromatic N) is 4. The van der Waals surface area contributed by atoms with Crippen molar-refractivity contribution >= 4 is 22.8 Å². The summed E-state index contributed by atoms with van der Waals surface area (Å²) in [5.41, 5.74) is -0.387. The summed E-state index contributed by atoms with van der Waals surface area (Å²) in [6, 6.07) is 0. The molecule has 0 aliphatic carbocycles. The predicted molar refractivity (Wildman–Crippen MR) is 62.2 cm³/mol. The Kier molecular flexibility index (Phi) is 2.80. The van der Waals surface area contributed by atoms with Gasteiger partial charge in [0, 0.05) is 21.2 Å². The Morgan fingerprint density at radius 1 is 1.29 bits per heavy atom. The van der Waals surface area contributed by atoms with Crippen LogP contribution in [-0.2, 0) is 25.6 Å². The average Bonchev–Trinajstić information content (AvgIpc) is 2.62. The van der Waals surface area contributed by atoms with E-state index in [2.05, 4.69) is 4.98 Å². The molecule has 8 heteroatoms. The van der Waals surface area contributed by atoms with Crippen molar-refractivity contribution in [3.05, 3.63) is 26.1 Å². The molecule has 2 heterocycles. The highest BCUT2D eigenvalue weighted by molar-refractivity contribution is 6.29. The molecule has 7 nitrogen and oxygen atoms in total. The Bertz CT molecular complexity index is 697. The number of aromatic nitrogens is 4. The van der Waals surface area contributed by atoms with Crippen molar-refractivity contribution in [2.45, 2.75) is 6.73 Å². The van der Waals surface area contributed by atoms with E-state index in [-0.39, 0.29) is 23.2 Å². The predicted octanol–water partition coefficient (Wildman–Crippen LogP) is -0.309. The first kappa shape index (κ1) is 11.9. The third-order valence-corrected chi connectivity index (χ3v) is 2.85. The lowest BCUT2D eigenvalue weighted by molar-refractivity contribution is 0.134. The van der Waals surface area contributed by atoms with Crippen LogP contribution in [0.15, 0.2) is 9.59 Å². The summed E-state index contributed by atoms with van der Waals surface area (Å²) in [5, 5.41) is 0.111. The first-order valence-corrected chi connectivity index (χ1v) is 5.17. The molecule has 17 heavy (non-hydrogen) atoms. The molecule has 0 saturated carbocycles. The maximum absolute atomic E-state index is 12.0. The fourth-order valence-corrected chi connectivity index (χ4v) is 1.88. The summed E-state index contributed by atoms with van der Waals surface area (Å²) in [4.78, 5) is 27.7. The van der Waals surface area contributed by atoms with Crippen LogP contribution in [0, 0.1) is 0 Å². The first-order valence-electron chi connectivity index (χ1n) is 4.79. The number of rotatable bonds is 2. The second-order valence-corrected chi connectivity index (χ2v) is 3.94. The summed E-state index contributed by atoms with van der Waals surface area (Å²) in [6.07, 6.45) is 0. The SMILES string of the molecule is COCn1c(Cl)nc2c1c(=O)n(C)c(=O)n2C. The van der Waals surface area contributed by atoms with Crippen LogP contribution >= 0.6 is 11.6 Å². The molecule has 2 rings (SSSR count). The number of aryl methyl sites for hydroxylation is 1. The van der Waals surface area contributed by atoms with Crippen LogP contribution in [0.5, 0.6) is 0 Å². The zero-order chi connectivity index (χ0) is 12.7. The number of methoxy groups -OCH3 is 1. The highest BCUT2D eigenvalue weighted by atomic mass is 35.5. The van der Waals surface area contributed by atoms with Gasteiger partial charge in [0.05, 0.1) is 0 Å². The Balaban J connectivity index is 3.02. The van der Waals surface area contributed by atoms with Gasteiger partial charge in [-0.15, -0.1) is 0 Å². The topological polar surface area (TPSA) is 71.1 Å². The standard InChI is InChI=1S/C9H11ClN4O3/c1-12-6-5(7(15)13(2)9(12)16)14(4-17-3)8(10)11-6/h4H2,1-3H3. The van der Waals surface area contributed by atoms with Crippen LogP contribution in [0.1, 0.15) is 0 Å². The van der Waals surface area contributed by atoms with Crippen molar-refractivity contribution in [1.29, 1.82) is 0 Å². The van der Waals surface area contributed by atoms with E-state index in [0.29, 0.717) is 0 Å². The number of fused-ring (bicyclic) bond motifs is 1. The van der Waals surface area contributed by atoms with Crippen LogP contribution in [0.3, 0.4) is 0 Å². The van der Waals surface area contributed by atoms with Crippen molar-refractivity contribution in [2.24, 2.45) is 14.1 Å². The zero-order valence-electron chi connectivity index (χ0n) is 9.60. The number of hydrogen-bond donors (Lipinski definition) is 0. The van der Waals surface area contributed by atoms with Crippen molar-refractivity contribution in [1.82, 2.24) is 18.7 Å². The van der Waals surface area contributed by atoms with E-state index in [1.54, 1.807) is 0 Å². The van der Waals surface area contributed by atoms with E-state index < -0.39 is 11.2 Å². The van der Waals surface area contributed by atoms with E-state index in [0.717, 1.165) is 4.57 Å². The molecule has 0 fully saturated rings. The van der Waals surface area contributed by atoms with E-state index in [1.165, 1.54) is 30.3 Å². The van der Waals surface area contributed by atoms with E-state index in [4.69, 9.17) is 16.3 Å².